The van der Waals surface area contributed by atoms with Crippen molar-refractivity contribution in [2.75, 3.05) is 13.2 Å². The van der Waals surface area contributed by atoms with Crippen LogP contribution in [0.5, 0.6) is 5.75 Å². The summed E-state index contributed by atoms with van der Waals surface area (Å²) in [6.45, 7) is 1.20. The molecular weight excluding hydrogens is 230 g/mol. The summed E-state index contributed by atoms with van der Waals surface area (Å²) in [6.07, 6.45) is 1.49. The van der Waals surface area contributed by atoms with Gasteiger partial charge in [-0.3, -0.25) is 0 Å². The number of benzene rings is 1. The number of nitrogens with zero attached hydrogens (tertiary/aromatic N) is 2. The number of aromatic nitrogens is 2. The highest BCUT2D eigenvalue weighted by molar-refractivity contribution is 5.40. The summed E-state index contributed by atoms with van der Waals surface area (Å²) >= 11 is 0. The second-order valence-electron chi connectivity index (χ2n) is 4.30. The molecule has 0 saturated carbocycles. The minimum atomic E-state index is 0.133. The van der Waals surface area contributed by atoms with Crippen molar-refractivity contribution < 1.29 is 9.15 Å². The van der Waals surface area contributed by atoms with E-state index < -0.39 is 0 Å². The highest BCUT2D eigenvalue weighted by Gasteiger charge is 2.27. The molecule has 0 saturated heterocycles. The van der Waals surface area contributed by atoms with Crippen molar-refractivity contribution in [1.82, 2.24) is 10.2 Å². The molecular formula is C13H15N3O2. The van der Waals surface area contributed by atoms with Gasteiger partial charge in [0.25, 0.3) is 0 Å². The number of ether oxygens (including phenoxy) is 1. The van der Waals surface area contributed by atoms with Crippen LogP contribution in [0, 0.1) is 0 Å². The Balaban J connectivity index is 1.92. The third-order valence-electron chi connectivity index (χ3n) is 3.10. The molecule has 1 aromatic heterocycles. The summed E-state index contributed by atoms with van der Waals surface area (Å²) in [6, 6.07) is 7.98. The third-order valence-corrected chi connectivity index (χ3v) is 3.10. The first-order valence-electron chi connectivity index (χ1n) is 6.12. The van der Waals surface area contributed by atoms with Gasteiger partial charge in [0.2, 0.25) is 11.8 Å². The van der Waals surface area contributed by atoms with Gasteiger partial charge in [-0.15, -0.1) is 10.2 Å². The number of hydrogen-bond acceptors (Lipinski definition) is 5. The zero-order valence-corrected chi connectivity index (χ0v) is 10.0. The molecule has 1 atom stereocenters. The topological polar surface area (TPSA) is 74.2 Å². The Morgan fingerprint density at radius 3 is 3.06 bits per heavy atom. The molecule has 1 unspecified atom stereocenters. The Morgan fingerprint density at radius 1 is 1.28 bits per heavy atom. The van der Waals surface area contributed by atoms with E-state index >= 15 is 0 Å². The van der Waals surface area contributed by atoms with Crippen LogP contribution < -0.4 is 10.5 Å². The highest BCUT2D eigenvalue weighted by atomic mass is 16.5. The van der Waals surface area contributed by atoms with Crippen molar-refractivity contribution in [3.05, 3.63) is 41.6 Å². The molecule has 0 amide bonds. The largest absolute Gasteiger partial charge is 0.493 e. The van der Waals surface area contributed by atoms with Gasteiger partial charge in [0.15, 0.2) is 0 Å². The van der Waals surface area contributed by atoms with Crippen molar-refractivity contribution >= 4 is 0 Å². The lowest BCUT2D eigenvalue weighted by atomic mass is 9.93. The fourth-order valence-corrected chi connectivity index (χ4v) is 2.23. The molecule has 1 aromatic carbocycles. The van der Waals surface area contributed by atoms with Gasteiger partial charge in [-0.2, -0.15) is 0 Å². The van der Waals surface area contributed by atoms with E-state index in [1.165, 1.54) is 0 Å². The number of nitrogens with two attached hydrogens (primary N) is 1. The van der Waals surface area contributed by atoms with Crippen molar-refractivity contribution in [2.45, 2.75) is 18.8 Å². The molecule has 5 nitrogen and oxygen atoms in total. The molecule has 1 aliphatic heterocycles. The molecule has 2 heterocycles. The van der Waals surface area contributed by atoms with Gasteiger partial charge >= 0.3 is 0 Å². The van der Waals surface area contributed by atoms with Crippen molar-refractivity contribution in [2.24, 2.45) is 5.73 Å². The minimum absolute atomic E-state index is 0.133. The molecule has 1 aliphatic rings. The highest BCUT2D eigenvalue weighted by Crippen LogP contribution is 2.37. The van der Waals surface area contributed by atoms with Crippen LogP contribution in [-0.2, 0) is 6.42 Å². The van der Waals surface area contributed by atoms with Gasteiger partial charge in [0, 0.05) is 18.5 Å². The maximum atomic E-state index is 5.66. The smallest absolute Gasteiger partial charge is 0.224 e. The Bertz CT molecular complexity index is 539. The Kier molecular flexibility index (Phi) is 2.98. The molecule has 0 bridgehead atoms. The van der Waals surface area contributed by atoms with E-state index in [1.54, 1.807) is 0 Å². The fourth-order valence-electron chi connectivity index (χ4n) is 2.23. The van der Waals surface area contributed by atoms with Gasteiger partial charge in [0.05, 0.1) is 12.5 Å². The van der Waals surface area contributed by atoms with Gasteiger partial charge in [0.1, 0.15) is 5.75 Å². The molecule has 0 spiro atoms. The summed E-state index contributed by atoms with van der Waals surface area (Å²) in [5.74, 6) is 2.31. The second-order valence-corrected chi connectivity index (χ2v) is 4.30. The third kappa shape index (κ3) is 1.97. The van der Waals surface area contributed by atoms with Crippen LogP contribution in [0.25, 0.3) is 0 Å². The van der Waals surface area contributed by atoms with E-state index in [-0.39, 0.29) is 5.92 Å². The second kappa shape index (κ2) is 4.78. The van der Waals surface area contributed by atoms with E-state index in [9.17, 15) is 0 Å². The zero-order valence-electron chi connectivity index (χ0n) is 10.0. The lowest BCUT2D eigenvalue weighted by molar-refractivity contribution is 0.263. The maximum absolute atomic E-state index is 5.66. The zero-order chi connectivity index (χ0) is 12.4. The molecule has 3 rings (SSSR count). The standard InChI is InChI=1S/C13H15N3O2/c14-7-5-12-15-16-13(18-12)10-6-8-17-11-4-2-1-3-9(10)11/h1-4,10H,5-8,14H2. The SMILES string of the molecule is NCCc1nnc(C2CCOc3ccccc32)o1. The molecule has 2 N–H and O–H groups in total. The van der Waals surface area contributed by atoms with Gasteiger partial charge in [-0.25, -0.2) is 0 Å². The molecule has 2 aromatic rings. The van der Waals surface area contributed by atoms with E-state index in [2.05, 4.69) is 10.2 Å². The molecule has 0 fully saturated rings. The van der Waals surface area contributed by atoms with E-state index in [0.29, 0.717) is 31.4 Å². The molecule has 5 heteroatoms. The number of fused-ring (bicyclic) bond motifs is 1. The Morgan fingerprint density at radius 2 is 2.17 bits per heavy atom. The van der Waals surface area contributed by atoms with Gasteiger partial charge in [-0.1, -0.05) is 18.2 Å². The summed E-state index contributed by atoms with van der Waals surface area (Å²) in [4.78, 5) is 0. The summed E-state index contributed by atoms with van der Waals surface area (Å²) < 4.78 is 11.3. The summed E-state index contributed by atoms with van der Waals surface area (Å²) in [5.41, 5.74) is 6.59. The van der Waals surface area contributed by atoms with Crippen LogP contribution in [-0.4, -0.2) is 23.3 Å². The lowest BCUT2D eigenvalue weighted by Crippen LogP contribution is -2.15. The Labute approximate surface area is 105 Å². The van der Waals surface area contributed by atoms with Gasteiger partial charge < -0.3 is 14.9 Å². The van der Waals surface area contributed by atoms with Crippen LogP contribution in [0.4, 0.5) is 0 Å². The summed E-state index contributed by atoms with van der Waals surface area (Å²) in [7, 11) is 0. The van der Waals surface area contributed by atoms with Crippen molar-refractivity contribution in [3.63, 3.8) is 0 Å². The normalized spacial score (nSPS) is 18.2. The molecule has 94 valence electrons. The number of para-hydroxylation sites is 1. The lowest BCUT2D eigenvalue weighted by Gasteiger charge is -2.23. The van der Waals surface area contributed by atoms with E-state index in [0.717, 1.165) is 17.7 Å². The van der Waals surface area contributed by atoms with Crippen molar-refractivity contribution in [3.8, 4) is 5.75 Å². The first-order chi connectivity index (χ1) is 8.88. The van der Waals surface area contributed by atoms with Crippen LogP contribution in [0.2, 0.25) is 0 Å². The minimum Gasteiger partial charge on any atom is -0.493 e. The number of hydrogen-bond donors (Lipinski definition) is 1. The predicted molar refractivity (Wildman–Crippen MR) is 65.5 cm³/mol. The molecule has 0 aliphatic carbocycles. The first-order valence-corrected chi connectivity index (χ1v) is 6.12. The van der Waals surface area contributed by atoms with Crippen LogP contribution in [0.1, 0.15) is 29.7 Å². The van der Waals surface area contributed by atoms with Gasteiger partial charge in [-0.05, 0) is 12.5 Å². The fraction of sp³-hybridized carbons (Fsp3) is 0.385. The quantitative estimate of drug-likeness (QED) is 0.886. The van der Waals surface area contributed by atoms with Crippen LogP contribution in [0.15, 0.2) is 28.7 Å². The average Bonchev–Trinajstić information content (AvgIpc) is 2.87. The van der Waals surface area contributed by atoms with Crippen LogP contribution in [0.3, 0.4) is 0 Å². The van der Waals surface area contributed by atoms with Crippen LogP contribution >= 0.6 is 0 Å². The van der Waals surface area contributed by atoms with E-state index in [4.69, 9.17) is 14.9 Å². The molecule has 18 heavy (non-hydrogen) atoms. The first kappa shape index (κ1) is 11.2. The Hall–Kier alpha value is -1.88. The average molecular weight is 245 g/mol. The number of rotatable bonds is 3. The molecule has 0 radical (unpaired) electrons. The predicted octanol–water partition coefficient (Wildman–Crippen LogP) is 1.49. The maximum Gasteiger partial charge on any atom is 0.224 e. The van der Waals surface area contributed by atoms with Crippen molar-refractivity contribution in [1.29, 1.82) is 0 Å². The monoisotopic (exact) mass is 245 g/mol. The summed E-state index contributed by atoms with van der Waals surface area (Å²) in [5, 5.41) is 8.15. The van der Waals surface area contributed by atoms with E-state index in [1.807, 2.05) is 24.3 Å².